The Bertz CT molecular complexity index is 634. The minimum absolute atomic E-state index is 0.424. The molecule has 0 atom stereocenters. The van der Waals surface area contributed by atoms with E-state index in [1.807, 2.05) is 7.05 Å². The van der Waals surface area contributed by atoms with Crippen LogP contribution in [0.4, 0.5) is 5.69 Å². The molecule has 1 N–H and O–H groups in total. The maximum Gasteiger partial charge on any atom is 0.193 e. The molecule has 0 saturated carbocycles. The lowest BCUT2D eigenvalue weighted by Gasteiger charge is -2.36. The highest BCUT2D eigenvalue weighted by atomic mass is 16.5. The number of piperidine rings is 1. The zero-order valence-electron chi connectivity index (χ0n) is 18.6. The van der Waals surface area contributed by atoms with Gasteiger partial charge in [0.15, 0.2) is 5.96 Å². The Hall–Kier alpha value is -1.79. The molecule has 0 aromatic heterocycles. The van der Waals surface area contributed by atoms with Gasteiger partial charge in [0.25, 0.3) is 0 Å². The summed E-state index contributed by atoms with van der Waals surface area (Å²) >= 11 is 0. The van der Waals surface area contributed by atoms with Crippen LogP contribution in [0.1, 0.15) is 31.7 Å². The summed E-state index contributed by atoms with van der Waals surface area (Å²) < 4.78 is 5.76. The van der Waals surface area contributed by atoms with Crippen molar-refractivity contribution in [1.29, 1.82) is 0 Å². The van der Waals surface area contributed by atoms with Crippen molar-refractivity contribution in [3.8, 4) is 0 Å². The Morgan fingerprint density at radius 1 is 1.14 bits per heavy atom. The number of piperazine rings is 1. The molecule has 29 heavy (non-hydrogen) atoms. The summed E-state index contributed by atoms with van der Waals surface area (Å²) in [6, 6.07) is 8.86. The van der Waals surface area contributed by atoms with Crippen LogP contribution in [-0.4, -0.2) is 87.9 Å². The van der Waals surface area contributed by atoms with Crippen molar-refractivity contribution in [2.45, 2.75) is 39.2 Å². The fraction of sp³-hybridized carbons (Fsp3) is 0.696. The fourth-order valence-electron chi connectivity index (χ4n) is 4.36. The highest BCUT2D eigenvalue weighted by Crippen LogP contribution is 2.18. The van der Waals surface area contributed by atoms with Crippen LogP contribution in [0, 0.1) is 6.92 Å². The van der Waals surface area contributed by atoms with E-state index >= 15 is 0 Å². The number of ether oxygens (including phenoxy) is 1. The van der Waals surface area contributed by atoms with Gasteiger partial charge >= 0.3 is 0 Å². The summed E-state index contributed by atoms with van der Waals surface area (Å²) in [6.45, 7) is 13.8. The van der Waals surface area contributed by atoms with Gasteiger partial charge in [0, 0.05) is 65.2 Å². The van der Waals surface area contributed by atoms with Crippen LogP contribution in [0.2, 0.25) is 0 Å². The molecule has 162 valence electrons. The summed E-state index contributed by atoms with van der Waals surface area (Å²) in [6.07, 6.45) is 3.77. The second-order valence-corrected chi connectivity index (χ2v) is 8.14. The summed E-state index contributed by atoms with van der Waals surface area (Å²) in [5.74, 6) is 1.05. The van der Waals surface area contributed by atoms with Gasteiger partial charge < -0.3 is 19.9 Å². The first-order valence-corrected chi connectivity index (χ1v) is 11.3. The smallest absolute Gasteiger partial charge is 0.193 e. The number of nitrogens with one attached hydrogen (secondary N) is 1. The quantitative estimate of drug-likeness (QED) is 0.432. The number of rotatable bonds is 7. The number of benzene rings is 1. The Morgan fingerprint density at radius 3 is 2.55 bits per heavy atom. The van der Waals surface area contributed by atoms with E-state index in [-0.39, 0.29) is 0 Å². The van der Waals surface area contributed by atoms with Gasteiger partial charge in [-0.25, -0.2) is 0 Å². The predicted molar refractivity (Wildman–Crippen MR) is 122 cm³/mol. The van der Waals surface area contributed by atoms with Crippen molar-refractivity contribution < 1.29 is 4.74 Å². The Balaban J connectivity index is 1.31. The van der Waals surface area contributed by atoms with Crippen LogP contribution in [0.3, 0.4) is 0 Å². The average Bonchev–Trinajstić information content (AvgIpc) is 2.75. The van der Waals surface area contributed by atoms with Crippen molar-refractivity contribution in [3.63, 3.8) is 0 Å². The molecule has 2 saturated heterocycles. The third-order valence-electron chi connectivity index (χ3n) is 6.03. The lowest BCUT2D eigenvalue weighted by atomic mass is 10.1. The fourth-order valence-corrected chi connectivity index (χ4v) is 4.36. The second kappa shape index (κ2) is 11.4. The molecule has 2 fully saturated rings. The monoisotopic (exact) mass is 401 g/mol. The molecule has 2 aliphatic rings. The average molecular weight is 402 g/mol. The van der Waals surface area contributed by atoms with Gasteiger partial charge in [-0.05, 0) is 57.4 Å². The molecule has 0 bridgehead atoms. The van der Waals surface area contributed by atoms with E-state index in [0.717, 1.165) is 84.2 Å². The van der Waals surface area contributed by atoms with Crippen molar-refractivity contribution in [2.75, 3.05) is 70.9 Å². The molecular formula is C23H39N5O. The maximum atomic E-state index is 5.76. The maximum absolute atomic E-state index is 5.76. The molecule has 6 nitrogen and oxygen atoms in total. The molecule has 1 aromatic carbocycles. The standard InChI is InChI=1S/C23H39N5O/c1-4-29-22-9-13-28(14-10-22)23(24-3)25-11-6-12-26-15-17-27(18-16-26)21-8-5-7-20(2)19-21/h5,7-8,19,22H,4,6,9-18H2,1-3H3,(H,24,25). The zero-order chi connectivity index (χ0) is 20.5. The third kappa shape index (κ3) is 6.61. The van der Waals surface area contributed by atoms with Gasteiger partial charge in [-0.15, -0.1) is 0 Å². The summed E-state index contributed by atoms with van der Waals surface area (Å²) in [5, 5.41) is 3.56. The van der Waals surface area contributed by atoms with Crippen LogP contribution in [0.25, 0.3) is 0 Å². The van der Waals surface area contributed by atoms with E-state index in [9.17, 15) is 0 Å². The highest BCUT2D eigenvalue weighted by Gasteiger charge is 2.21. The van der Waals surface area contributed by atoms with Crippen LogP contribution in [0.15, 0.2) is 29.3 Å². The van der Waals surface area contributed by atoms with E-state index in [2.05, 4.69) is 63.1 Å². The van der Waals surface area contributed by atoms with E-state index in [4.69, 9.17) is 4.74 Å². The number of nitrogens with zero attached hydrogens (tertiary/aromatic N) is 4. The van der Waals surface area contributed by atoms with Crippen LogP contribution in [0.5, 0.6) is 0 Å². The Kier molecular flexibility index (Phi) is 8.62. The predicted octanol–water partition coefficient (Wildman–Crippen LogP) is 2.58. The summed E-state index contributed by atoms with van der Waals surface area (Å²) in [7, 11) is 1.89. The molecule has 2 heterocycles. The number of aryl methyl sites for hydroxylation is 1. The summed E-state index contributed by atoms with van der Waals surface area (Å²) in [5.41, 5.74) is 2.70. The number of anilines is 1. The summed E-state index contributed by atoms with van der Waals surface area (Å²) in [4.78, 5) is 12.0. The SMILES string of the molecule is CCOC1CCN(C(=NC)NCCCN2CCN(c3cccc(C)c3)CC2)CC1. The van der Waals surface area contributed by atoms with Crippen molar-refractivity contribution >= 4 is 11.6 Å². The van der Waals surface area contributed by atoms with Gasteiger partial charge in [0.05, 0.1) is 6.10 Å². The normalized spacial score (nSPS) is 19.6. The van der Waals surface area contributed by atoms with E-state index in [0.29, 0.717) is 6.10 Å². The van der Waals surface area contributed by atoms with Crippen LogP contribution < -0.4 is 10.2 Å². The van der Waals surface area contributed by atoms with Crippen molar-refractivity contribution in [3.05, 3.63) is 29.8 Å². The molecule has 1 aromatic rings. The van der Waals surface area contributed by atoms with E-state index < -0.39 is 0 Å². The molecule has 0 unspecified atom stereocenters. The molecule has 0 amide bonds. The first-order chi connectivity index (χ1) is 14.2. The first kappa shape index (κ1) is 21.9. The number of hydrogen-bond donors (Lipinski definition) is 1. The topological polar surface area (TPSA) is 43.3 Å². The van der Waals surface area contributed by atoms with Crippen LogP contribution in [-0.2, 0) is 4.74 Å². The van der Waals surface area contributed by atoms with Crippen molar-refractivity contribution in [2.24, 2.45) is 4.99 Å². The molecule has 6 heteroatoms. The molecule has 0 aliphatic carbocycles. The Morgan fingerprint density at radius 2 is 1.90 bits per heavy atom. The highest BCUT2D eigenvalue weighted by molar-refractivity contribution is 5.79. The minimum atomic E-state index is 0.424. The zero-order valence-corrected chi connectivity index (χ0v) is 18.6. The number of guanidine groups is 1. The molecule has 0 spiro atoms. The number of hydrogen-bond acceptors (Lipinski definition) is 4. The first-order valence-electron chi connectivity index (χ1n) is 11.3. The van der Waals surface area contributed by atoms with Gasteiger partial charge in [-0.3, -0.25) is 9.89 Å². The minimum Gasteiger partial charge on any atom is -0.378 e. The van der Waals surface area contributed by atoms with Gasteiger partial charge in [-0.1, -0.05) is 12.1 Å². The van der Waals surface area contributed by atoms with Gasteiger partial charge in [0.2, 0.25) is 0 Å². The largest absolute Gasteiger partial charge is 0.378 e. The third-order valence-corrected chi connectivity index (χ3v) is 6.03. The number of likely N-dealkylation sites (tertiary alicyclic amines) is 1. The molecule has 2 aliphatic heterocycles. The van der Waals surface area contributed by atoms with Crippen LogP contribution >= 0.6 is 0 Å². The molecule has 3 rings (SSSR count). The number of aliphatic imine (C=N–C) groups is 1. The van der Waals surface area contributed by atoms with Gasteiger partial charge in [0.1, 0.15) is 0 Å². The lowest BCUT2D eigenvalue weighted by Crippen LogP contribution is -2.48. The second-order valence-electron chi connectivity index (χ2n) is 8.14. The molecular weight excluding hydrogens is 362 g/mol. The van der Waals surface area contributed by atoms with Gasteiger partial charge in [-0.2, -0.15) is 0 Å². The Labute approximate surface area is 176 Å². The molecule has 0 radical (unpaired) electrons. The van der Waals surface area contributed by atoms with E-state index in [1.165, 1.54) is 11.3 Å². The van der Waals surface area contributed by atoms with E-state index in [1.54, 1.807) is 0 Å². The lowest BCUT2D eigenvalue weighted by molar-refractivity contribution is 0.0264. The van der Waals surface area contributed by atoms with Crippen molar-refractivity contribution in [1.82, 2.24) is 15.1 Å².